The second-order valence-corrected chi connectivity index (χ2v) is 4.08. The van der Waals surface area contributed by atoms with Gasteiger partial charge >= 0.3 is 0 Å². The molecule has 100 valence electrons. The highest BCUT2D eigenvalue weighted by Gasteiger charge is 2.10. The first-order chi connectivity index (χ1) is 8.88. The fourth-order valence-electron chi connectivity index (χ4n) is 1.94. The first-order valence-corrected chi connectivity index (χ1v) is 6.79. The summed E-state index contributed by atoms with van der Waals surface area (Å²) < 4.78 is 5.61. The van der Waals surface area contributed by atoms with Crippen LogP contribution in [0.4, 0.5) is 0 Å². The summed E-state index contributed by atoms with van der Waals surface area (Å²) in [5, 5.41) is 0. The van der Waals surface area contributed by atoms with Gasteiger partial charge in [0.1, 0.15) is 18.6 Å². The van der Waals surface area contributed by atoms with Crippen molar-refractivity contribution in [1.29, 1.82) is 0 Å². The number of nitrogens with zero attached hydrogens (tertiary/aromatic N) is 1. The van der Waals surface area contributed by atoms with Crippen molar-refractivity contribution < 1.29 is 9.53 Å². The van der Waals surface area contributed by atoms with Crippen molar-refractivity contribution in [2.24, 2.45) is 0 Å². The Morgan fingerprint density at radius 2 is 1.78 bits per heavy atom. The summed E-state index contributed by atoms with van der Waals surface area (Å²) in [5.41, 5.74) is 0.687. The van der Waals surface area contributed by atoms with E-state index >= 15 is 0 Å². The summed E-state index contributed by atoms with van der Waals surface area (Å²) >= 11 is 0. The number of ether oxygens (including phenoxy) is 1. The molecule has 1 fully saturated rings. The Kier molecular flexibility index (Phi) is 7.11. The van der Waals surface area contributed by atoms with E-state index in [1.54, 1.807) is 12.1 Å². The Morgan fingerprint density at radius 1 is 1.17 bits per heavy atom. The number of rotatable bonds is 5. The van der Waals surface area contributed by atoms with Gasteiger partial charge in [-0.25, -0.2) is 0 Å². The molecule has 1 aromatic rings. The van der Waals surface area contributed by atoms with Crippen LogP contribution in [0.15, 0.2) is 24.3 Å². The number of carbonyl (C=O) groups is 1. The van der Waals surface area contributed by atoms with Crippen LogP contribution in [0.3, 0.4) is 0 Å². The average molecular weight is 249 g/mol. The highest BCUT2D eigenvalue weighted by atomic mass is 16.5. The van der Waals surface area contributed by atoms with Crippen molar-refractivity contribution in [2.75, 3.05) is 26.2 Å². The zero-order chi connectivity index (χ0) is 13.2. The average Bonchev–Trinajstić information content (AvgIpc) is 2.95. The summed E-state index contributed by atoms with van der Waals surface area (Å²) in [4.78, 5) is 12.9. The molecule has 1 heterocycles. The molecule has 1 saturated heterocycles. The minimum atomic E-state index is 0.687. The summed E-state index contributed by atoms with van der Waals surface area (Å²) in [7, 11) is 0. The molecule has 0 N–H and O–H groups in total. The minimum absolute atomic E-state index is 0.687. The third kappa shape index (κ3) is 4.88. The van der Waals surface area contributed by atoms with Gasteiger partial charge in [-0.3, -0.25) is 9.69 Å². The highest BCUT2D eigenvalue weighted by Crippen LogP contribution is 2.12. The zero-order valence-corrected chi connectivity index (χ0v) is 11.4. The summed E-state index contributed by atoms with van der Waals surface area (Å²) in [6, 6.07) is 7.23. The molecule has 1 aliphatic heterocycles. The lowest BCUT2D eigenvalue weighted by Gasteiger charge is -2.14. The fraction of sp³-hybridized carbons (Fsp3) is 0.533. The lowest BCUT2D eigenvalue weighted by molar-refractivity contribution is 0.112. The van der Waals surface area contributed by atoms with Crippen molar-refractivity contribution in [1.82, 2.24) is 4.90 Å². The zero-order valence-electron chi connectivity index (χ0n) is 11.4. The normalized spacial score (nSPS) is 14.8. The molecule has 18 heavy (non-hydrogen) atoms. The monoisotopic (exact) mass is 249 g/mol. The van der Waals surface area contributed by atoms with Gasteiger partial charge in [-0.2, -0.15) is 0 Å². The largest absolute Gasteiger partial charge is 0.492 e. The maximum absolute atomic E-state index is 10.5. The van der Waals surface area contributed by atoms with Gasteiger partial charge in [-0.05, 0) is 50.2 Å². The maximum Gasteiger partial charge on any atom is 0.150 e. The van der Waals surface area contributed by atoms with E-state index in [1.807, 2.05) is 26.0 Å². The van der Waals surface area contributed by atoms with Crippen LogP contribution >= 0.6 is 0 Å². The van der Waals surface area contributed by atoms with E-state index in [-0.39, 0.29) is 0 Å². The number of benzene rings is 1. The van der Waals surface area contributed by atoms with Gasteiger partial charge in [-0.1, -0.05) is 13.8 Å². The molecule has 0 saturated carbocycles. The second kappa shape index (κ2) is 8.70. The molecule has 2 rings (SSSR count). The Labute approximate surface area is 110 Å². The minimum Gasteiger partial charge on any atom is -0.492 e. The van der Waals surface area contributed by atoms with Crippen LogP contribution < -0.4 is 4.74 Å². The topological polar surface area (TPSA) is 29.5 Å². The van der Waals surface area contributed by atoms with E-state index in [2.05, 4.69) is 4.90 Å². The van der Waals surface area contributed by atoms with Crippen LogP contribution in [0.1, 0.15) is 37.0 Å². The smallest absolute Gasteiger partial charge is 0.150 e. The Morgan fingerprint density at radius 3 is 2.33 bits per heavy atom. The molecule has 3 heteroatoms. The number of carbonyl (C=O) groups excluding carboxylic acids is 1. The molecule has 1 aromatic carbocycles. The molecule has 0 aromatic heterocycles. The van der Waals surface area contributed by atoms with Gasteiger partial charge < -0.3 is 4.74 Å². The van der Waals surface area contributed by atoms with E-state index in [0.717, 1.165) is 25.2 Å². The van der Waals surface area contributed by atoms with Crippen molar-refractivity contribution in [2.45, 2.75) is 26.7 Å². The molecule has 0 radical (unpaired) electrons. The Balaban J connectivity index is 0.000000771. The quantitative estimate of drug-likeness (QED) is 0.751. The first-order valence-electron chi connectivity index (χ1n) is 6.79. The van der Waals surface area contributed by atoms with Crippen LogP contribution in [-0.4, -0.2) is 37.4 Å². The van der Waals surface area contributed by atoms with Gasteiger partial charge in [0, 0.05) is 12.1 Å². The molecular weight excluding hydrogens is 226 g/mol. The van der Waals surface area contributed by atoms with Gasteiger partial charge in [0.2, 0.25) is 0 Å². The molecular formula is C15H23NO2. The second-order valence-electron chi connectivity index (χ2n) is 4.08. The molecule has 0 aliphatic carbocycles. The number of likely N-dealkylation sites (tertiary alicyclic amines) is 1. The molecule has 0 unspecified atom stereocenters. The van der Waals surface area contributed by atoms with E-state index < -0.39 is 0 Å². The number of hydrogen-bond acceptors (Lipinski definition) is 3. The van der Waals surface area contributed by atoms with E-state index in [0.29, 0.717) is 5.56 Å². The van der Waals surface area contributed by atoms with Crippen LogP contribution in [0.2, 0.25) is 0 Å². The van der Waals surface area contributed by atoms with Gasteiger partial charge in [0.15, 0.2) is 0 Å². The van der Waals surface area contributed by atoms with Gasteiger partial charge in [-0.15, -0.1) is 0 Å². The molecule has 3 nitrogen and oxygen atoms in total. The first kappa shape index (κ1) is 14.7. The van der Waals surface area contributed by atoms with Gasteiger partial charge in [0.05, 0.1) is 0 Å². The maximum atomic E-state index is 10.5. The van der Waals surface area contributed by atoms with Crippen molar-refractivity contribution in [3.05, 3.63) is 29.8 Å². The Bertz CT molecular complexity index is 329. The molecule has 1 aliphatic rings. The van der Waals surface area contributed by atoms with E-state index in [4.69, 9.17) is 4.74 Å². The summed E-state index contributed by atoms with van der Waals surface area (Å²) in [6.07, 6.45) is 3.47. The summed E-state index contributed by atoms with van der Waals surface area (Å²) in [5.74, 6) is 0.838. The van der Waals surface area contributed by atoms with Crippen molar-refractivity contribution >= 4 is 6.29 Å². The Hall–Kier alpha value is -1.35. The number of aldehydes is 1. The van der Waals surface area contributed by atoms with Crippen molar-refractivity contribution in [3.8, 4) is 5.75 Å². The molecule has 0 atom stereocenters. The molecule has 0 amide bonds. The predicted molar refractivity (Wildman–Crippen MR) is 74.3 cm³/mol. The highest BCUT2D eigenvalue weighted by molar-refractivity contribution is 5.74. The van der Waals surface area contributed by atoms with E-state index in [9.17, 15) is 4.79 Å². The van der Waals surface area contributed by atoms with Crippen LogP contribution in [0.25, 0.3) is 0 Å². The molecule has 0 spiro atoms. The predicted octanol–water partition coefficient (Wildman–Crippen LogP) is 3.00. The fourth-order valence-corrected chi connectivity index (χ4v) is 1.94. The van der Waals surface area contributed by atoms with Crippen LogP contribution in [0, 0.1) is 0 Å². The SMILES string of the molecule is CC.O=Cc1ccc(OCCN2CCCC2)cc1. The third-order valence-electron chi connectivity index (χ3n) is 2.89. The lowest BCUT2D eigenvalue weighted by Crippen LogP contribution is -2.25. The summed E-state index contributed by atoms with van der Waals surface area (Å²) in [6.45, 7) is 8.12. The standard InChI is InChI=1S/C13H17NO2.C2H6/c15-11-12-3-5-13(6-4-12)16-10-9-14-7-1-2-8-14;1-2/h3-6,11H,1-2,7-10H2;1-2H3. The van der Waals surface area contributed by atoms with Gasteiger partial charge in [0.25, 0.3) is 0 Å². The lowest BCUT2D eigenvalue weighted by atomic mass is 10.2. The third-order valence-corrected chi connectivity index (χ3v) is 2.89. The molecule has 0 bridgehead atoms. The van der Waals surface area contributed by atoms with Crippen molar-refractivity contribution in [3.63, 3.8) is 0 Å². The van der Waals surface area contributed by atoms with E-state index in [1.165, 1.54) is 25.9 Å². The van der Waals surface area contributed by atoms with Crippen LogP contribution in [-0.2, 0) is 0 Å². The number of hydrogen-bond donors (Lipinski definition) is 0. The van der Waals surface area contributed by atoms with Crippen LogP contribution in [0.5, 0.6) is 5.75 Å².